The third-order valence-electron chi connectivity index (χ3n) is 3.24. The molecule has 0 saturated carbocycles. The van der Waals surface area contributed by atoms with Crippen molar-refractivity contribution in [1.82, 2.24) is 9.97 Å². The summed E-state index contributed by atoms with van der Waals surface area (Å²) in [5, 5.41) is 10.7. The largest absolute Gasteiger partial charge is 0.344 e. The molecule has 0 aliphatic rings. The average Bonchev–Trinajstić information content (AvgIpc) is 2.97. The molecule has 0 bridgehead atoms. The molecule has 1 N–H and O–H groups in total. The Bertz CT molecular complexity index is 791. The van der Waals surface area contributed by atoms with Gasteiger partial charge in [-0.15, -0.1) is 0 Å². The van der Waals surface area contributed by atoms with E-state index < -0.39 is 4.92 Å². The molecule has 0 aliphatic heterocycles. The fraction of sp³-hybridized carbons (Fsp3) is 0.0625. The Labute approximate surface area is 121 Å². The lowest BCUT2D eigenvalue weighted by atomic mass is 10.1. The molecule has 0 radical (unpaired) electrons. The maximum Gasteiger partial charge on any atom is 0.269 e. The summed E-state index contributed by atoms with van der Waals surface area (Å²) in [6.45, 7) is 2.04. The molecular weight excluding hydrogens is 266 g/mol. The first kappa shape index (κ1) is 13.1. The summed E-state index contributed by atoms with van der Waals surface area (Å²) in [6.07, 6.45) is 1.84. The summed E-state index contributed by atoms with van der Waals surface area (Å²) in [5.41, 5.74) is 3.96. The van der Waals surface area contributed by atoms with Gasteiger partial charge in [0, 0.05) is 29.5 Å². The minimum absolute atomic E-state index is 0.0733. The second-order valence-corrected chi connectivity index (χ2v) is 4.81. The number of aromatic amines is 1. The number of hydrogen-bond donors (Lipinski definition) is 1. The van der Waals surface area contributed by atoms with Crippen LogP contribution in [0.15, 0.2) is 54.7 Å². The molecule has 0 spiro atoms. The van der Waals surface area contributed by atoms with Crippen LogP contribution in [0.2, 0.25) is 0 Å². The highest BCUT2D eigenvalue weighted by atomic mass is 16.6. The number of nitrogens with one attached hydrogen (secondary N) is 1. The lowest BCUT2D eigenvalue weighted by Crippen LogP contribution is -1.87. The Morgan fingerprint density at radius 2 is 1.86 bits per heavy atom. The van der Waals surface area contributed by atoms with Crippen molar-refractivity contribution in [2.24, 2.45) is 0 Å². The number of imidazole rings is 1. The van der Waals surface area contributed by atoms with Crippen LogP contribution < -0.4 is 0 Å². The molecule has 0 atom stereocenters. The van der Waals surface area contributed by atoms with E-state index in [4.69, 9.17) is 0 Å². The van der Waals surface area contributed by atoms with E-state index in [1.54, 1.807) is 12.1 Å². The smallest absolute Gasteiger partial charge is 0.269 e. The molecule has 0 fully saturated rings. The number of benzene rings is 2. The van der Waals surface area contributed by atoms with Crippen molar-refractivity contribution in [3.05, 3.63) is 70.4 Å². The molecule has 104 valence electrons. The van der Waals surface area contributed by atoms with Crippen LogP contribution in [0, 0.1) is 17.0 Å². The number of nitro groups is 1. The van der Waals surface area contributed by atoms with Crippen LogP contribution in [-0.2, 0) is 0 Å². The summed E-state index contributed by atoms with van der Waals surface area (Å²) in [6, 6.07) is 14.4. The summed E-state index contributed by atoms with van der Waals surface area (Å²) >= 11 is 0. The Morgan fingerprint density at radius 3 is 2.52 bits per heavy atom. The maximum absolute atomic E-state index is 10.7. The van der Waals surface area contributed by atoms with Crippen LogP contribution in [0.25, 0.3) is 22.6 Å². The first-order chi connectivity index (χ1) is 10.1. The number of aryl methyl sites for hydroxylation is 1. The van der Waals surface area contributed by atoms with Gasteiger partial charge in [-0.05, 0) is 25.1 Å². The second-order valence-electron chi connectivity index (χ2n) is 4.81. The SMILES string of the molecule is Cc1cccc(-c2c[nH]c(-c3ccc([N+](=O)[O-])cc3)n2)c1. The lowest BCUT2D eigenvalue weighted by molar-refractivity contribution is -0.384. The quantitative estimate of drug-likeness (QED) is 0.582. The molecular formula is C16H13N3O2. The van der Waals surface area contributed by atoms with Gasteiger partial charge in [-0.3, -0.25) is 10.1 Å². The van der Waals surface area contributed by atoms with Gasteiger partial charge < -0.3 is 4.98 Å². The maximum atomic E-state index is 10.7. The highest BCUT2D eigenvalue weighted by molar-refractivity contribution is 5.65. The van der Waals surface area contributed by atoms with Crippen molar-refractivity contribution in [1.29, 1.82) is 0 Å². The molecule has 0 aliphatic carbocycles. The van der Waals surface area contributed by atoms with Crippen LogP contribution in [0.4, 0.5) is 5.69 Å². The van der Waals surface area contributed by atoms with Crippen molar-refractivity contribution in [2.45, 2.75) is 6.92 Å². The number of rotatable bonds is 3. The van der Waals surface area contributed by atoms with Gasteiger partial charge in [0.2, 0.25) is 0 Å². The van der Waals surface area contributed by atoms with Gasteiger partial charge in [0.15, 0.2) is 0 Å². The second kappa shape index (κ2) is 5.20. The molecule has 0 unspecified atom stereocenters. The van der Waals surface area contributed by atoms with Crippen LogP contribution in [0.5, 0.6) is 0 Å². The zero-order valence-corrected chi connectivity index (χ0v) is 11.4. The molecule has 2 aromatic carbocycles. The monoisotopic (exact) mass is 279 g/mol. The Hall–Kier alpha value is -2.95. The van der Waals surface area contributed by atoms with Crippen molar-refractivity contribution >= 4 is 5.69 Å². The van der Waals surface area contributed by atoms with Crippen molar-refractivity contribution in [3.8, 4) is 22.6 Å². The molecule has 1 aromatic heterocycles. The third kappa shape index (κ3) is 2.67. The topological polar surface area (TPSA) is 71.8 Å². The minimum Gasteiger partial charge on any atom is -0.344 e. The molecule has 0 amide bonds. The van der Waals surface area contributed by atoms with Gasteiger partial charge in [0.1, 0.15) is 5.82 Å². The highest BCUT2D eigenvalue weighted by Gasteiger charge is 2.09. The highest BCUT2D eigenvalue weighted by Crippen LogP contribution is 2.24. The molecule has 21 heavy (non-hydrogen) atoms. The number of H-pyrrole nitrogens is 1. The van der Waals surface area contributed by atoms with E-state index in [0.29, 0.717) is 5.82 Å². The Morgan fingerprint density at radius 1 is 1.10 bits per heavy atom. The van der Waals surface area contributed by atoms with Gasteiger partial charge in [-0.1, -0.05) is 23.8 Å². The van der Waals surface area contributed by atoms with Gasteiger partial charge >= 0.3 is 0 Å². The normalized spacial score (nSPS) is 10.5. The molecule has 5 nitrogen and oxygen atoms in total. The fourth-order valence-electron chi connectivity index (χ4n) is 2.16. The van der Waals surface area contributed by atoms with Gasteiger partial charge in [0.25, 0.3) is 5.69 Å². The average molecular weight is 279 g/mol. The van der Waals surface area contributed by atoms with E-state index in [9.17, 15) is 10.1 Å². The lowest BCUT2D eigenvalue weighted by Gasteiger charge is -1.98. The van der Waals surface area contributed by atoms with Crippen LogP contribution in [0.1, 0.15) is 5.56 Å². The predicted octanol–water partition coefficient (Wildman–Crippen LogP) is 3.96. The van der Waals surface area contributed by atoms with Gasteiger partial charge in [-0.25, -0.2) is 4.98 Å². The van der Waals surface area contributed by atoms with E-state index in [2.05, 4.69) is 16.0 Å². The summed E-state index contributed by atoms with van der Waals surface area (Å²) < 4.78 is 0. The number of non-ortho nitro benzene ring substituents is 1. The Kier molecular flexibility index (Phi) is 3.23. The summed E-state index contributed by atoms with van der Waals surface area (Å²) in [5.74, 6) is 0.696. The summed E-state index contributed by atoms with van der Waals surface area (Å²) in [7, 11) is 0. The summed E-state index contributed by atoms with van der Waals surface area (Å²) in [4.78, 5) is 17.9. The molecule has 0 saturated heterocycles. The molecule has 3 aromatic rings. The molecule has 5 heteroatoms. The van der Waals surface area contributed by atoms with Crippen LogP contribution in [-0.4, -0.2) is 14.9 Å². The van der Waals surface area contributed by atoms with Crippen molar-refractivity contribution in [3.63, 3.8) is 0 Å². The Balaban J connectivity index is 1.93. The minimum atomic E-state index is -0.413. The first-order valence-corrected chi connectivity index (χ1v) is 6.51. The van der Waals surface area contributed by atoms with E-state index >= 15 is 0 Å². The number of aromatic nitrogens is 2. The van der Waals surface area contributed by atoms with Crippen LogP contribution >= 0.6 is 0 Å². The zero-order chi connectivity index (χ0) is 14.8. The number of nitrogens with zero attached hydrogens (tertiary/aromatic N) is 2. The first-order valence-electron chi connectivity index (χ1n) is 6.51. The number of hydrogen-bond acceptors (Lipinski definition) is 3. The van der Waals surface area contributed by atoms with E-state index in [-0.39, 0.29) is 5.69 Å². The fourth-order valence-corrected chi connectivity index (χ4v) is 2.16. The van der Waals surface area contributed by atoms with Gasteiger partial charge in [-0.2, -0.15) is 0 Å². The number of nitro benzene ring substituents is 1. The van der Waals surface area contributed by atoms with Crippen molar-refractivity contribution in [2.75, 3.05) is 0 Å². The van der Waals surface area contributed by atoms with Gasteiger partial charge in [0.05, 0.1) is 10.6 Å². The van der Waals surface area contributed by atoms with E-state index in [1.807, 2.05) is 31.3 Å². The third-order valence-corrected chi connectivity index (χ3v) is 3.24. The molecule has 1 heterocycles. The van der Waals surface area contributed by atoms with E-state index in [0.717, 1.165) is 16.8 Å². The standard InChI is InChI=1S/C16H13N3O2/c1-11-3-2-4-13(9-11)15-10-17-16(18-15)12-5-7-14(8-6-12)19(20)21/h2-10H,1H3,(H,17,18). The van der Waals surface area contributed by atoms with Crippen molar-refractivity contribution < 1.29 is 4.92 Å². The van der Waals surface area contributed by atoms with Crippen LogP contribution in [0.3, 0.4) is 0 Å². The molecule has 3 rings (SSSR count). The zero-order valence-electron chi connectivity index (χ0n) is 11.4. The van der Waals surface area contributed by atoms with E-state index in [1.165, 1.54) is 17.7 Å². The predicted molar refractivity (Wildman–Crippen MR) is 80.9 cm³/mol.